The van der Waals surface area contributed by atoms with Crippen molar-refractivity contribution in [1.29, 1.82) is 0 Å². The molecule has 45 heavy (non-hydrogen) atoms. The Labute approximate surface area is 278 Å². The van der Waals surface area contributed by atoms with E-state index in [0.29, 0.717) is 22.2 Å². The molecule has 242 valence electrons. The summed E-state index contributed by atoms with van der Waals surface area (Å²) < 4.78 is 26.8. The topological polar surface area (TPSA) is 86.8 Å². The number of carbonyl (C=O) groups excluding carboxylic acids is 2. The van der Waals surface area contributed by atoms with Crippen molar-refractivity contribution in [3.63, 3.8) is 0 Å². The molecule has 2 amide bonds. The van der Waals surface area contributed by atoms with Gasteiger partial charge in [0, 0.05) is 32.0 Å². The number of nitrogens with one attached hydrogen (secondary N) is 1. The van der Waals surface area contributed by atoms with Crippen LogP contribution in [0.15, 0.2) is 72.8 Å². The molecule has 1 atom stereocenters. The average molecular weight is 673 g/mol. The summed E-state index contributed by atoms with van der Waals surface area (Å²) in [6, 6.07) is 21.6. The lowest BCUT2D eigenvalue weighted by Gasteiger charge is -2.34. The third-order valence-corrected chi connectivity index (χ3v) is 10.3. The second-order valence-electron chi connectivity index (χ2n) is 11.8. The summed E-state index contributed by atoms with van der Waals surface area (Å²) in [5.41, 5.74) is 3.35. The molecule has 0 heterocycles. The van der Waals surface area contributed by atoms with Crippen LogP contribution in [0.1, 0.15) is 68.6 Å². The Morgan fingerprint density at radius 3 is 2.18 bits per heavy atom. The number of nitrogens with zero attached hydrogens (tertiary/aromatic N) is 2. The predicted molar refractivity (Wildman–Crippen MR) is 183 cm³/mol. The van der Waals surface area contributed by atoms with Crippen molar-refractivity contribution >= 4 is 50.7 Å². The maximum Gasteiger partial charge on any atom is 0.243 e. The number of carbonyl (C=O) groups is 2. The fourth-order valence-corrected chi connectivity index (χ4v) is 7.12. The molecule has 0 aromatic heterocycles. The Morgan fingerprint density at radius 2 is 1.56 bits per heavy atom. The first kappa shape index (κ1) is 34.8. The van der Waals surface area contributed by atoms with Gasteiger partial charge in [0.15, 0.2) is 0 Å². The van der Waals surface area contributed by atoms with Gasteiger partial charge in [-0.25, -0.2) is 8.42 Å². The van der Waals surface area contributed by atoms with Gasteiger partial charge in [-0.3, -0.25) is 13.9 Å². The van der Waals surface area contributed by atoms with E-state index in [9.17, 15) is 18.0 Å². The third kappa shape index (κ3) is 10.2. The SMILES string of the molecule is CCc1ccc(N(CCCC(=O)N(Cc2ccc(Cl)c(Cl)c2)C(Cc2ccccc2)C(=O)NC2CCCCC2)S(C)(=O)=O)cc1. The van der Waals surface area contributed by atoms with E-state index in [-0.39, 0.29) is 43.8 Å². The van der Waals surface area contributed by atoms with Crippen molar-refractivity contribution in [1.82, 2.24) is 10.2 Å². The van der Waals surface area contributed by atoms with E-state index in [2.05, 4.69) is 5.32 Å². The quantitative estimate of drug-likeness (QED) is 0.197. The Kier molecular flexibility index (Phi) is 12.7. The monoisotopic (exact) mass is 671 g/mol. The van der Waals surface area contributed by atoms with Crippen LogP contribution in [-0.4, -0.2) is 50.0 Å². The summed E-state index contributed by atoms with van der Waals surface area (Å²) in [5.74, 6) is -0.427. The van der Waals surface area contributed by atoms with Crippen molar-refractivity contribution in [3.8, 4) is 0 Å². The van der Waals surface area contributed by atoms with Crippen LogP contribution in [0.2, 0.25) is 10.0 Å². The molecular formula is C35H43Cl2N3O4S. The molecule has 0 spiro atoms. The highest BCUT2D eigenvalue weighted by Gasteiger charge is 2.32. The van der Waals surface area contributed by atoms with Crippen LogP contribution in [0.25, 0.3) is 0 Å². The molecule has 1 unspecified atom stereocenters. The van der Waals surface area contributed by atoms with Crippen LogP contribution in [0.5, 0.6) is 0 Å². The van der Waals surface area contributed by atoms with Crippen LogP contribution in [-0.2, 0) is 39.0 Å². The molecule has 4 rings (SSSR count). The van der Waals surface area contributed by atoms with Crippen LogP contribution in [0, 0.1) is 0 Å². The van der Waals surface area contributed by atoms with Crippen molar-refractivity contribution in [3.05, 3.63) is 99.5 Å². The van der Waals surface area contributed by atoms with Gasteiger partial charge >= 0.3 is 0 Å². The fourth-order valence-electron chi connectivity index (χ4n) is 5.83. The van der Waals surface area contributed by atoms with Crippen molar-refractivity contribution < 1.29 is 18.0 Å². The molecule has 1 N–H and O–H groups in total. The molecule has 0 saturated heterocycles. The highest BCUT2D eigenvalue weighted by Crippen LogP contribution is 2.26. The number of benzene rings is 3. The number of aryl methyl sites for hydroxylation is 1. The van der Waals surface area contributed by atoms with Crippen LogP contribution >= 0.6 is 23.2 Å². The van der Waals surface area contributed by atoms with Gasteiger partial charge in [-0.1, -0.05) is 97.9 Å². The highest BCUT2D eigenvalue weighted by atomic mass is 35.5. The zero-order valence-electron chi connectivity index (χ0n) is 26.1. The molecule has 1 saturated carbocycles. The van der Waals surface area contributed by atoms with E-state index >= 15 is 0 Å². The van der Waals surface area contributed by atoms with Crippen molar-refractivity contribution in [2.75, 3.05) is 17.1 Å². The molecule has 0 bridgehead atoms. The number of halogens is 2. The van der Waals surface area contributed by atoms with Gasteiger partial charge in [-0.15, -0.1) is 0 Å². The summed E-state index contributed by atoms with van der Waals surface area (Å²) >= 11 is 12.5. The van der Waals surface area contributed by atoms with Crippen molar-refractivity contribution in [2.24, 2.45) is 0 Å². The van der Waals surface area contributed by atoms with Gasteiger partial charge in [-0.05, 0) is 66.6 Å². The summed E-state index contributed by atoms with van der Waals surface area (Å²) in [4.78, 5) is 29.7. The Hall–Kier alpha value is -3.07. The summed E-state index contributed by atoms with van der Waals surface area (Å²) in [6.07, 6.45) is 7.84. The maximum atomic E-state index is 14.1. The van der Waals surface area contributed by atoms with Crippen molar-refractivity contribution in [2.45, 2.75) is 83.3 Å². The number of hydrogen-bond acceptors (Lipinski definition) is 4. The van der Waals surface area contributed by atoms with Gasteiger partial charge in [0.25, 0.3) is 0 Å². The standard InChI is InChI=1S/C35H43Cl2N3O4S/c1-3-26-16-19-30(20-17-26)40(45(2,43)44)22-10-15-34(41)39(25-28-18-21-31(36)32(37)23-28)33(24-27-11-6-4-7-12-27)35(42)38-29-13-8-5-9-14-29/h4,6-7,11-12,16-21,23,29,33H,3,5,8-10,13-15,22,24-25H2,1-2H3,(H,38,42). The van der Waals surface area contributed by atoms with Gasteiger partial charge in [0.1, 0.15) is 6.04 Å². The average Bonchev–Trinajstić information content (AvgIpc) is 3.03. The summed E-state index contributed by atoms with van der Waals surface area (Å²) in [7, 11) is -3.58. The minimum absolute atomic E-state index is 0.0579. The Balaban J connectivity index is 1.60. The lowest BCUT2D eigenvalue weighted by molar-refractivity contribution is -0.141. The molecule has 1 fully saturated rings. The fraction of sp³-hybridized carbons (Fsp3) is 0.429. The number of sulfonamides is 1. The second kappa shape index (κ2) is 16.5. The molecule has 1 aliphatic carbocycles. The smallest absolute Gasteiger partial charge is 0.243 e. The largest absolute Gasteiger partial charge is 0.352 e. The Bertz CT molecular complexity index is 1530. The molecule has 3 aromatic carbocycles. The van der Waals surface area contributed by atoms with E-state index < -0.39 is 16.1 Å². The number of amides is 2. The molecule has 0 radical (unpaired) electrons. The molecule has 10 heteroatoms. The summed E-state index contributed by atoms with van der Waals surface area (Å²) in [5, 5.41) is 4.01. The van der Waals surface area contributed by atoms with Gasteiger partial charge in [0.2, 0.25) is 21.8 Å². The first-order valence-electron chi connectivity index (χ1n) is 15.7. The van der Waals surface area contributed by atoms with Gasteiger partial charge in [0.05, 0.1) is 22.0 Å². The van der Waals surface area contributed by atoms with E-state index in [1.807, 2.05) is 49.4 Å². The predicted octanol–water partition coefficient (Wildman–Crippen LogP) is 7.19. The summed E-state index contributed by atoms with van der Waals surface area (Å²) in [6.45, 7) is 2.33. The third-order valence-electron chi connectivity index (χ3n) is 8.34. The first-order chi connectivity index (χ1) is 21.5. The molecule has 0 aliphatic heterocycles. The number of anilines is 1. The molecule has 7 nitrogen and oxygen atoms in total. The van der Waals surface area contributed by atoms with E-state index in [0.717, 1.165) is 55.2 Å². The first-order valence-corrected chi connectivity index (χ1v) is 18.3. The van der Waals surface area contributed by atoms with Gasteiger partial charge in [-0.2, -0.15) is 0 Å². The normalized spacial score (nSPS) is 14.5. The second-order valence-corrected chi connectivity index (χ2v) is 14.5. The molecule has 3 aromatic rings. The maximum absolute atomic E-state index is 14.1. The van der Waals surface area contributed by atoms with E-state index in [1.54, 1.807) is 35.2 Å². The lowest BCUT2D eigenvalue weighted by atomic mass is 9.94. The molecular weight excluding hydrogens is 629 g/mol. The highest BCUT2D eigenvalue weighted by molar-refractivity contribution is 7.92. The minimum Gasteiger partial charge on any atom is -0.352 e. The van der Waals surface area contributed by atoms with E-state index in [1.165, 1.54) is 10.6 Å². The number of hydrogen-bond donors (Lipinski definition) is 1. The zero-order chi connectivity index (χ0) is 32.4. The van der Waals surface area contributed by atoms with Crippen LogP contribution in [0.4, 0.5) is 5.69 Å². The molecule has 1 aliphatic rings. The van der Waals surface area contributed by atoms with E-state index in [4.69, 9.17) is 23.2 Å². The minimum atomic E-state index is -3.58. The number of rotatable bonds is 14. The lowest BCUT2D eigenvalue weighted by Crippen LogP contribution is -2.52. The van der Waals surface area contributed by atoms with Crippen LogP contribution in [0.3, 0.4) is 0 Å². The van der Waals surface area contributed by atoms with Crippen LogP contribution < -0.4 is 9.62 Å². The van der Waals surface area contributed by atoms with Gasteiger partial charge < -0.3 is 10.2 Å². The zero-order valence-corrected chi connectivity index (χ0v) is 28.4. The Morgan fingerprint density at radius 1 is 0.889 bits per heavy atom.